The van der Waals surface area contributed by atoms with Crippen LogP contribution in [0.25, 0.3) is 10.9 Å². The summed E-state index contributed by atoms with van der Waals surface area (Å²) in [7, 11) is 3.14. The molecule has 0 radical (unpaired) electrons. The molecule has 3 aromatic rings. The summed E-state index contributed by atoms with van der Waals surface area (Å²) in [5.41, 5.74) is 1.78. The van der Waals surface area contributed by atoms with E-state index in [0.29, 0.717) is 22.4 Å². The van der Waals surface area contributed by atoms with Crippen LogP contribution in [0.2, 0.25) is 0 Å². The first-order chi connectivity index (χ1) is 13.7. The standard InChI is InChI=1S/C22H25N3O3/c1-27-17-12-18-20(19(13-17)28-2)22(26)24-21(23-18)16-8-10-25(11-9-16)14-15-6-4-3-5-7-15/h3-7,12-13,16H,8-11,14H2,1-2H3,(H,23,24,26). The van der Waals surface area contributed by atoms with E-state index in [1.54, 1.807) is 26.4 Å². The van der Waals surface area contributed by atoms with Crippen LogP contribution in [0, 0.1) is 0 Å². The first-order valence-corrected chi connectivity index (χ1v) is 9.60. The number of ether oxygens (including phenoxy) is 2. The predicted molar refractivity (Wildman–Crippen MR) is 109 cm³/mol. The van der Waals surface area contributed by atoms with Crippen molar-refractivity contribution in [1.82, 2.24) is 14.9 Å². The molecule has 2 heterocycles. The third-order valence-corrected chi connectivity index (χ3v) is 5.44. The highest BCUT2D eigenvalue weighted by Crippen LogP contribution is 2.30. The van der Waals surface area contributed by atoms with Crippen molar-refractivity contribution >= 4 is 10.9 Å². The zero-order valence-electron chi connectivity index (χ0n) is 16.3. The van der Waals surface area contributed by atoms with E-state index in [1.165, 1.54) is 5.56 Å². The van der Waals surface area contributed by atoms with Crippen LogP contribution in [-0.2, 0) is 6.54 Å². The first kappa shape index (κ1) is 18.5. The van der Waals surface area contributed by atoms with E-state index in [9.17, 15) is 4.79 Å². The van der Waals surface area contributed by atoms with Gasteiger partial charge in [0.05, 0.1) is 19.7 Å². The van der Waals surface area contributed by atoms with E-state index in [-0.39, 0.29) is 11.5 Å². The molecule has 1 aromatic heterocycles. The van der Waals surface area contributed by atoms with Gasteiger partial charge in [0.1, 0.15) is 22.7 Å². The maximum Gasteiger partial charge on any atom is 0.262 e. The highest BCUT2D eigenvalue weighted by atomic mass is 16.5. The third kappa shape index (κ3) is 3.73. The van der Waals surface area contributed by atoms with E-state index in [1.807, 2.05) is 6.07 Å². The Morgan fingerprint density at radius 1 is 1.11 bits per heavy atom. The Hall–Kier alpha value is -2.86. The molecule has 1 saturated heterocycles. The topological polar surface area (TPSA) is 67.5 Å². The Morgan fingerprint density at radius 2 is 1.86 bits per heavy atom. The van der Waals surface area contributed by atoms with Gasteiger partial charge in [-0.2, -0.15) is 0 Å². The van der Waals surface area contributed by atoms with Crippen LogP contribution in [0.5, 0.6) is 11.5 Å². The first-order valence-electron chi connectivity index (χ1n) is 9.60. The molecule has 0 bridgehead atoms. The van der Waals surface area contributed by atoms with Gasteiger partial charge in [0, 0.05) is 24.6 Å². The number of hydrogen-bond acceptors (Lipinski definition) is 5. The Labute approximate surface area is 164 Å². The second kappa shape index (κ2) is 8.02. The van der Waals surface area contributed by atoms with Crippen molar-refractivity contribution in [3.63, 3.8) is 0 Å². The van der Waals surface area contributed by atoms with Gasteiger partial charge in [-0.15, -0.1) is 0 Å². The number of nitrogens with one attached hydrogen (secondary N) is 1. The van der Waals surface area contributed by atoms with Crippen LogP contribution in [-0.4, -0.2) is 42.2 Å². The molecule has 2 aromatic carbocycles. The lowest BCUT2D eigenvalue weighted by atomic mass is 9.95. The smallest absolute Gasteiger partial charge is 0.262 e. The number of nitrogens with zero attached hydrogens (tertiary/aromatic N) is 2. The van der Waals surface area contributed by atoms with E-state index in [2.05, 4.69) is 34.1 Å². The van der Waals surface area contributed by atoms with Gasteiger partial charge in [-0.3, -0.25) is 9.69 Å². The lowest BCUT2D eigenvalue weighted by molar-refractivity contribution is 0.202. The molecule has 146 valence electrons. The lowest BCUT2D eigenvalue weighted by Crippen LogP contribution is -2.33. The number of H-pyrrole nitrogens is 1. The fourth-order valence-corrected chi connectivity index (χ4v) is 3.91. The predicted octanol–water partition coefficient (Wildman–Crippen LogP) is 3.32. The molecular formula is C22H25N3O3. The van der Waals surface area contributed by atoms with Gasteiger partial charge in [-0.1, -0.05) is 30.3 Å². The van der Waals surface area contributed by atoms with Gasteiger partial charge in [-0.25, -0.2) is 4.98 Å². The highest BCUT2D eigenvalue weighted by molar-refractivity contribution is 5.85. The van der Waals surface area contributed by atoms with Gasteiger partial charge in [0.25, 0.3) is 5.56 Å². The van der Waals surface area contributed by atoms with Crippen LogP contribution in [0.1, 0.15) is 30.1 Å². The molecular weight excluding hydrogens is 354 g/mol. The fraction of sp³-hybridized carbons (Fsp3) is 0.364. The molecule has 0 amide bonds. The maximum atomic E-state index is 12.7. The second-order valence-corrected chi connectivity index (χ2v) is 7.21. The van der Waals surface area contributed by atoms with Gasteiger partial charge in [0.2, 0.25) is 0 Å². The quantitative estimate of drug-likeness (QED) is 0.737. The summed E-state index contributed by atoms with van der Waals surface area (Å²) in [6.45, 7) is 2.94. The minimum absolute atomic E-state index is 0.161. The molecule has 6 heteroatoms. The van der Waals surface area contributed by atoms with Crippen LogP contribution < -0.4 is 15.0 Å². The molecule has 0 aliphatic carbocycles. The van der Waals surface area contributed by atoms with Crippen molar-refractivity contribution < 1.29 is 9.47 Å². The second-order valence-electron chi connectivity index (χ2n) is 7.21. The molecule has 1 N–H and O–H groups in total. The Bertz CT molecular complexity index is 1010. The SMILES string of the molecule is COc1cc(OC)c2c(=O)[nH]c(C3CCN(Cc4ccccc4)CC3)nc2c1. The summed E-state index contributed by atoms with van der Waals surface area (Å²) in [5.74, 6) is 2.12. The molecule has 0 unspecified atom stereocenters. The number of benzene rings is 2. The molecule has 1 aliphatic rings. The number of likely N-dealkylation sites (tertiary alicyclic amines) is 1. The van der Waals surface area contributed by atoms with Gasteiger partial charge in [-0.05, 0) is 31.5 Å². The zero-order chi connectivity index (χ0) is 19.5. The van der Waals surface area contributed by atoms with E-state index in [4.69, 9.17) is 14.5 Å². The maximum absolute atomic E-state index is 12.7. The van der Waals surface area contributed by atoms with Crippen LogP contribution in [0.15, 0.2) is 47.3 Å². The molecule has 0 atom stereocenters. The molecule has 4 rings (SSSR count). The number of fused-ring (bicyclic) bond motifs is 1. The van der Waals surface area contributed by atoms with Crippen molar-refractivity contribution in [3.8, 4) is 11.5 Å². The minimum Gasteiger partial charge on any atom is -0.497 e. The number of piperidine rings is 1. The Morgan fingerprint density at radius 3 is 2.54 bits per heavy atom. The molecule has 1 fully saturated rings. The largest absolute Gasteiger partial charge is 0.497 e. The van der Waals surface area contributed by atoms with Crippen molar-refractivity contribution in [1.29, 1.82) is 0 Å². The zero-order valence-corrected chi connectivity index (χ0v) is 16.3. The fourth-order valence-electron chi connectivity index (χ4n) is 3.91. The van der Waals surface area contributed by atoms with E-state index in [0.717, 1.165) is 38.3 Å². The third-order valence-electron chi connectivity index (χ3n) is 5.44. The molecule has 28 heavy (non-hydrogen) atoms. The lowest BCUT2D eigenvalue weighted by Gasteiger charge is -2.31. The van der Waals surface area contributed by atoms with E-state index < -0.39 is 0 Å². The number of aromatic amines is 1. The monoisotopic (exact) mass is 379 g/mol. The summed E-state index contributed by atoms with van der Waals surface area (Å²) >= 11 is 0. The normalized spacial score (nSPS) is 15.6. The van der Waals surface area contributed by atoms with Crippen molar-refractivity contribution in [2.75, 3.05) is 27.3 Å². The van der Waals surface area contributed by atoms with Crippen LogP contribution >= 0.6 is 0 Å². The highest BCUT2D eigenvalue weighted by Gasteiger charge is 2.23. The minimum atomic E-state index is -0.161. The average Bonchev–Trinajstić information content (AvgIpc) is 2.74. The summed E-state index contributed by atoms with van der Waals surface area (Å²) < 4.78 is 10.7. The van der Waals surface area contributed by atoms with Gasteiger partial charge < -0.3 is 14.5 Å². The number of aromatic nitrogens is 2. The Kier molecular flexibility index (Phi) is 5.30. The van der Waals surface area contributed by atoms with Crippen LogP contribution in [0.4, 0.5) is 0 Å². The van der Waals surface area contributed by atoms with Crippen molar-refractivity contribution in [2.45, 2.75) is 25.3 Å². The van der Waals surface area contributed by atoms with Crippen molar-refractivity contribution in [3.05, 3.63) is 64.2 Å². The summed E-state index contributed by atoms with van der Waals surface area (Å²) in [5, 5.41) is 0.466. The van der Waals surface area contributed by atoms with Gasteiger partial charge >= 0.3 is 0 Å². The summed E-state index contributed by atoms with van der Waals surface area (Å²) in [4.78, 5) is 22.9. The molecule has 6 nitrogen and oxygen atoms in total. The van der Waals surface area contributed by atoms with E-state index >= 15 is 0 Å². The van der Waals surface area contributed by atoms with Crippen LogP contribution in [0.3, 0.4) is 0 Å². The molecule has 0 spiro atoms. The van der Waals surface area contributed by atoms with Crippen molar-refractivity contribution in [2.24, 2.45) is 0 Å². The Balaban J connectivity index is 1.54. The van der Waals surface area contributed by atoms with Gasteiger partial charge in [0.15, 0.2) is 0 Å². The summed E-state index contributed by atoms with van der Waals surface area (Å²) in [6.07, 6.45) is 1.95. The molecule has 1 aliphatic heterocycles. The molecule has 0 saturated carbocycles. The number of rotatable bonds is 5. The number of hydrogen-bond donors (Lipinski definition) is 1. The number of methoxy groups -OCH3 is 2. The summed E-state index contributed by atoms with van der Waals surface area (Å²) in [6, 6.07) is 14.0. The average molecular weight is 379 g/mol.